The molecule has 0 fully saturated rings. The van der Waals surface area contributed by atoms with Crippen molar-refractivity contribution in [1.82, 2.24) is 9.88 Å². The van der Waals surface area contributed by atoms with Crippen LogP contribution in [0.15, 0.2) is 35.1 Å². The van der Waals surface area contributed by atoms with Crippen LogP contribution in [0.5, 0.6) is 0 Å². The summed E-state index contributed by atoms with van der Waals surface area (Å²) in [5.74, 6) is 0.951. The summed E-state index contributed by atoms with van der Waals surface area (Å²) >= 11 is 0. The molecule has 14 heavy (non-hydrogen) atoms. The van der Waals surface area contributed by atoms with Crippen LogP contribution in [0.4, 0.5) is 0 Å². The van der Waals surface area contributed by atoms with Crippen LogP contribution in [0.1, 0.15) is 5.69 Å². The Hall–Kier alpha value is -1.48. The summed E-state index contributed by atoms with van der Waals surface area (Å²) in [7, 11) is 0. The van der Waals surface area contributed by atoms with Gasteiger partial charge >= 0.3 is 0 Å². The van der Waals surface area contributed by atoms with Crippen molar-refractivity contribution in [2.45, 2.75) is 13.1 Å². The van der Waals surface area contributed by atoms with Gasteiger partial charge in [-0.05, 0) is 18.2 Å². The van der Waals surface area contributed by atoms with Gasteiger partial charge in [-0.15, -0.1) is 0 Å². The van der Waals surface area contributed by atoms with E-state index in [9.17, 15) is 0 Å². The van der Waals surface area contributed by atoms with E-state index < -0.39 is 0 Å². The van der Waals surface area contributed by atoms with Gasteiger partial charge < -0.3 is 14.3 Å². The molecule has 3 heteroatoms. The minimum absolute atomic E-state index is 0.951. The molecule has 0 radical (unpaired) electrons. The highest BCUT2D eigenvalue weighted by Crippen LogP contribution is 2.23. The Labute approximate surface area is 82.3 Å². The van der Waals surface area contributed by atoms with Crippen molar-refractivity contribution in [3.8, 4) is 11.3 Å². The normalized spacial score (nSPS) is 15.4. The summed E-state index contributed by atoms with van der Waals surface area (Å²) in [4.78, 5) is 0. The first-order valence-electron chi connectivity index (χ1n) is 4.87. The molecular formula is C11H12N2O. The van der Waals surface area contributed by atoms with Crippen LogP contribution < -0.4 is 5.32 Å². The maximum absolute atomic E-state index is 5.36. The lowest BCUT2D eigenvalue weighted by Crippen LogP contribution is -2.27. The SMILES string of the molecule is c1coc(-c2cc3n(c2)CCNC3)c1. The summed E-state index contributed by atoms with van der Waals surface area (Å²) in [6, 6.07) is 6.10. The molecule has 0 bridgehead atoms. The summed E-state index contributed by atoms with van der Waals surface area (Å²) in [6.07, 6.45) is 3.87. The molecule has 0 saturated carbocycles. The fourth-order valence-corrected chi connectivity index (χ4v) is 1.90. The first kappa shape index (κ1) is 7.88. The third-order valence-corrected chi connectivity index (χ3v) is 2.63. The van der Waals surface area contributed by atoms with Gasteiger partial charge in [0.05, 0.1) is 6.26 Å². The van der Waals surface area contributed by atoms with Crippen LogP contribution in [-0.2, 0) is 13.1 Å². The first-order valence-corrected chi connectivity index (χ1v) is 4.87. The number of furan rings is 1. The fourth-order valence-electron chi connectivity index (χ4n) is 1.90. The molecule has 3 heterocycles. The summed E-state index contributed by atoms with van der Waals surface area (Å²) in [6.45, 7) is 3.07. The number of nitrogens with zero attached hydrogens (tertiary/aromatic N) is 1. The van der Waals surface area contributed by atoms with Gasteiger partial charge in [-0.3, -0.25) is 0 Å². The smallest absolute Gasteiger partial charge is 0.135 e. The number of rotatable bonds is 1. The van der Waals surface area contributed by atoms with Crippen LogP contribution in [0, 0.1) is 0 Å². The van der Waals surface area contributed by atoms with Gasteiger partial charge in [0.25, 0.3) is 0 Å². The lowest BCUT2D eigenvalue weighted by Gasteiger charge is -2.15. The van der Waals surface area contributed by atoms with Gasteiger partial charge in [-0.1, -0.05) is 0 Å². The summed E-state index contributed by atoms with van der Waals surface area (Å²) in [5, 5.41) is 3.35. The van der Waals surface area contributed by atoms with Gasteiger partial charge in [0.15, 0.2) is 0 Å². The zero-order valence-electron chi connectivity index (χ0n) is 7.86. The molecule has 0 spiro atoms. The van der Waals surface area contributed by atoms with E-state index in [0.717, 1.165) is 25.4 Å². The highest BCUT2D eigenvalue weighted by molar-refractivity contribution is 5.57. The quantitative estimate of drug-likeness (QED) is 0.740. The molecule has 0 aliphatic carbocycles. The van der Waals surface area contributed by atoms with E-state index >= 15 is 0 Å². The van der Waals surface area contributed by atoms with Crippen molar-refractivity contribution < 1.29 is 4.42 Å². The fraction of sp³-hybridized carbons (Fsp3) is 0.273. The first-order chi connectivity index (χ1) is 6.93. The van der Waals surface area contributed by atoms with Gasteiger partial charge in [-0.2, -0.15) is 0 Å². The van der Waals surface area contributed by atoms with Crippen molar-refractivity contribution >= 4 is 0 Å². The monoisotopic (exact) mass is 188 g/mol. The molecule has 0 aromatic carbocycles. The van der Waals surface area contributed by atoms with Gasteiger partial charge in [0.2, 0.25) is 0 Å². The molecule has 2 aromatic heterocycles. The lowest BCUT2D eigenvalue weighted by atomic mass is 10.2. The van der Waals surface area contributed by atoms with Gasteiger partial charge in [0.1, 0.15) is 5.76 Å². The topological polar surface area (TPSA) is 30.1 Å². The molecule has 0 amide bonds. The van der Waals surface area contributed by atoms with E-state index in [4.69, 9.17) is 4.42 Å². The third-order valence-electron chi connectivity index (χ3n) is 2.63. The Morgan fingerprint density at radius 1 is 1.43 bits per heavy atom. The number of hydrogen-bond donors (Lipinski definition) is 1. The third kappa shape index (κ3) is 1.17. The van der Waals surface area contributed by atoms with E-state index in [1.54, 1.807) is 6.26 Å². The number of nitrogens with one attached hydrogen (secondary N) is 1. The lowest BCUT2D eigenvalue weighted by molar-refractivity contribution is 0.516. The molecule has 3 rings (SSSR count). The van der Waals surface area contributed by atoms with Crippen LogP contribution in [0.2, 0.25) is 0 Å². The molecule has 1 N–H and O–H groups in total. The van der Waals surface area contributed by atoms with Crippen molar-refractivity contribution in [3.63, 3.8) is 0 Å². The maximum Gasteiger partial charge on any atom is 0.135 e. The molecule has 2 aromatic rings. The Balaban J connectivity index is 2.04. The number of aromatic nitrogens is 1. The predicted molar refractivity (Wildman–Crippen MR) is 53.8 cm³/mol. The minimum atomic E-state index is 0.951. The van der Waals surface area contributed by atoms with Crippen molar-refractivity contribution in [3.05, 3.63) is 36.4 Å². The average molecular weight is 188 g/mol. The van der Waals surface area contributed by atoms with Crippen LogP contribution in [0.25, 0.3) is 11.3 Å². The van der Waals surface area contributed by atoms with E-state index in [1.165, 1.54) is 11.3 Å². The minimum Gasteiger partial charge on any atom is -0.464 e. The van der Waals surface area contributed by atoms with E-state index in [-0.39, 0.29) is 0 Å². The maximum atomic E-state index is 5.36. The van der Waals surface area contributed by atoms with E-state index in [0.29, 0.717) is 0 Å². The zero-order valence-corrected chi connectivity index (χ0v) is 7.86. The van der Waals surface area contributed by atoms with Gasteiger partial charge in [0, 0.05) is 37.1 Å². The zero-order chi connectivity index (χ0) is 9.38. The molecule has 0 atom stereocenters. The van der Waals surface area contributed by atoms with Crippen LogP contribution in [-0.4, -0.2) is 11.1 Å². The largest absolute Gasteiger partial charge is 0.464 e. The molecule has 1 aliphatic rings. The summed E-state index contributed by atoms with van der Waals surface area (Å²) < 4.78 is 7.65. The number of fused-ring (bicyclic) bond motifs is 1. The second kappa shape index (κ2) is 3.03. The van der Waals surface area contributed by atoms with Gasteiger partial charge in [-0.25, -0.2) is 0 Å². The van der Waals surface area contributed by atoms with Crippen molar-refractivity contribution in [2.75, 3.05) is 6.54 Å². The molecule has 0 saturated heterocycles. The molecule has 0 unspecified atom stereocenters. The second-order valence-electron chi connectivity index (χ2n) is 3.57. The molecular weight excluding hydrogens is 176 g/mol. The Morgan fingerprint density at radius 2 is 2.43 bits per heavy atom. The van der Waals surface area contributed by atoms with Crippen LogP contribution >= 0.6 is 0 Å². The Kier molecular flexibility index (Phi) is 1.70. The second-order valence-corrected chi connectivity index (χ2v) is 3.57. The Morgan fingerprint density at radius 3 is 3.21 bits per heavy atom. The highest BCUT2D eigenvalue weighted by Gasteiger charge is 2.11. The standard InChI is InChI=1S/C11H12N2O/c1-2-11(14-5-1)9-6-10-7-12-3-4-13(10)8-9/h1-2,5-6,8,12H,3-4,7H2. The highest BCUT2D eigenvalue weighted by atomic mass is 16.3. The molecule has 72 valence electrons. The number of hydrogen-bond acceptors (Lipinski definition) is 2. The summed E-state index contributed by atoms with van der Waals surface area (Å²) in [5.41, 5.74) is 2.51. The van der Waals surface area contributed by atoms with Crippen molar-refractivity contribution in [2.24, 2.45) is 0 Å². The van der Waals surface area contributed by atoms with Crippen LogP contribution in [0.3, 0.4) is 0 Å². The van der Waals surface area contributed by atoms with E-state index in [1.807, 2.05) is 12.1 Å². The van der Waals surface area contributed by atoms with Crippen molar-refractivity contribution in [1.29, 1.82) is 0 Å². The molecule has 1 aliphatic heterocycles. The van der Waals surface area contributed by atoms with E-state index in [2.05, 4.69) is 22.1 Å². The Bertz CT molecular complexity index is 405. The average Bonchev–Trinajstić information content (AvgIpc) is 2.86. The predicted octanol–water partition coefficient (Wildman–Crippen LogP) is 1.85. The molecule has 3 nitrogen and oxygen atoms in total.